The van der Waals surface area contributed by atoms with Crippen LogP contribution in [0.25, 0.3) is 0 Å². The van der Waals surface area contributed by atoms with E-state index in [1.54, 1.807) is 0 Å². The summed E-state index contributed by atoms with van der Waals surface area (Å²) in [4.78, 5) is 15.6. The van der Waals surface area contributed by atoms with Crippen LogP contribution in [0.15, 0.2) is 23.6 Å². The second-order valence-corrected chi connectivity index (χ2v) is 10.0. The van der Waals surface area contributed by atoms with Crippen molar-refractivity contribution in [1.82, 2.24) is 14.6 Å². The molecule has 1 aliphatic rings. The first kappa shape index (κ1) is 21.2. The SMILES string of the molecule is CC(=O)NCc1csc([C@@H]2CCCN(S(=O)(=O)Cc3ccc(F)cc3Cl)C2)n1. The number of hydrogen-bond acceptors (Lipinski definition) is 5. The van der Waals surface area contributed by atoms with Crippen LogP contribution >= 0.6 is 22.9 Å². The second kappa shape index (κ2) is 8.86. The van der Waals surface area contributed by atoms with Gasteiger partial charge in [-0.05, 0) is 30.5 Å². The Bertz CT molecular complexity index is 965. The fourth-order valence-electron chi connectivity index (χ4n) is 3.13. The highest BCUT2D eigenvalue weighted by atomic mass is 35.5. The van der Waals surface area contributed by atoms with Gasteiger partial charge in [0, 0.05) is 36.3 Å². The van der Waals surface area contributed by atoms with E-state index in [0.29, 0.717) is 25.2 Å². The summed E-state index contributed by atoms with van der Waals surface area (Å²) in [6, 6.07) is 3.74. The van der Waals surface area contributed by atoms with Crippen LogP contribution in [-0.2, 0) is 27.1 Å². The number of rotatable bonds is 6. The van der Waals surface area contributed by atoms with Gasteiger partial charge in [0.25, 0.3) is 0 Å². The summed E-state index contributed by atoms with van der Waals surface area (Å²) in [6.45, 7) is 2.62. The number of piperidine rings is 1. The highest BCUT2D eigenvalue weighted by molar-refractivity contribution is 7.88. The Hall–Kier alpha value is -1.55. The maximum Gasteiger partial charge on any atom is 0.218 e. The number of nitrogens with zero attached hydrogens (tertiary/aromatic N) is 2. The lowest BCUT2D eigenvalue weighted by molar-refractivity contribution is -0.119. The average Bonchev–Trinajstić information content (AvgIpc) is 3.12. The Kier molecular flexibility index (Phi) is 6.69. The van der Waals surface area contributed by atoms with Gasteiger partial charge in [0.15, 0.2) is 0 Å². The van der Waals surface area contributed by atoms with Gasteiger partial charge in [0.2, 0.25) is 15.9 Å². The summed E-state index contributed by atoms with van der Waals surface area (Å²) < 4.78 is 40.4. The lowest BCUT2D eigenvalue weighted by Crippen LogP contribution is -2.39. The van der Waals surface area contributed by atoms with E-state index < -0.39 is 15.8 Å². The first-order valence-electron chi connectivity index (χ1n) is 8.85. The fraction of sp³-hybridized carbons (Fsp3) is 0.444. The summed E-state index contributed by atoms with van der Waals surface area (Å²) in [5.41, 5.74) is 1.16. The van der Waals surface area contributed by atoms with Crippen LogP contribution in [-0.4, -0.2) is 36.7 Å². The Morgan fingerprint density at radius 2 is 2.25 bits per heavy atom. The smallest absolute Gasteiger partial charge is 0.218 e. The minimum Gasteiger partial charge on any atom is -0.351 e. The van der Waals surface area contributed by atoms with Crippen molar-refractivity contribution in [3.63, 3.8) is 0 Å². The Morgan fingerprint density at radius 1 is 1.46 bits per heavy atom. The minimum absolute atomic E-state index is 0.0169. The number of amides is 1. The number of sulfonamides is 1. The number of aromatic nitrogens is 1. The van der Waals surface area contributed by atoms with E-state index in [1.165, 1.54) is 34.7 Å². The molecule has 0 bridgehead atoms. The van der Waals surface area contributed by atoms with Crippen molar-refractivity contribution in [3.05, 3.63) is 50.7 Å². The molecule has 1 N–H and O–H groups in total. The van der Waals surface area contributed by atoms with Gasteiger partial charge in [-0.1, -0.05) is 17.7 Å². The molecule has 1 aromatic carbocycles. The van der Waals surface area contributed by atoms with Crippen LogP contribution in [0.2, 0.25) is 5.02 Å². The molecule has 1 aromatic heterocycles. The molecule has 6 nitrogen and oxygen atoms in total. The highest BCUT2D eigenvalue weighted by Gasteiger charge is 2.31. The van der Waals surface area contributed by atoms with Crippen LogP contribution in [0.5, 0.6) is 0 Å². The zero-order valence-electron chi connectivity index (χ0n) is 15.3. The quantitative estimate of drug-likeness (QED) is 0.740. The van der Waals surface area contributed by atoms with Crippen molar-refractivity contribution in [2.45, 2.75) is 38.0 Å². The number of nitrogens with one attached hydrogen (secondary N) is 1. The molecule has 0 unspecified atom stereocenters. The molecule has 28 heavy (non-hydrogen) atoms. The minimum atomic E-state index is -3.58. The third-order valence-electron chi connectivity index (χ3n) is 4.57. The van der Waals surface area contributed by atoms with E-state index in [2.05, 4.69) is 10.3 Å². The molecular formula is C18H21ClFN3O3S2. The molecule has 152 valence electrons. The van der Waals surface area contributed by atoms with Gasteiger partial charge in [0.1, 0.15) is 5.82 Å². The van der Waals surface area contributed by atoms with Gasteiger partial charge >= 0.3 is 0 Å². The molecule has 1 aliphatic heterocycles. The van der Waals surface area contributed by atoms with E-state index in [4.69, 9.17) is 11.6 Å². The molecule has 1 atom stereocenters. The fourth-order valence-corrected chi connectivity index (χ4v) is 6.03. The van der Waals surface area contributed by atoms with E-state index in [0.717, 1.165) is 29.6 Å². The topological polar surface area (TPSA) is 79.4 Å². The van der Waals surface area contributed by atoms with E-state index in [1.807, 2.05) is 5.38 Å². The van der Waals surface area contributed by atoms with Crippen molar-refractivity contribution in [1.29, 1.82) is 0 Å². The number of thiazole rings is 1. The van der Waals surface area contributed by atoms with Gasteiger partial charge in [0.05, 0.1) is 23.0 Å². The standard InChI is InChI=1S/C18H21ClFN3O3S2/c1-12(24)21-8-16-10-27-18(22-16)13-3-2-6-23(9-13)28(25,26)11-14-4-5-15(20)7-17(14)19/h4-5,7,10,13H,2-3,6,8-9,11H2,1H3,(H,21,24)/t13-/m1/s1. The van der Waals surface area contributed by atoms with Gasteiger partial charge in [-0.25, -0.2) is 22.1 Å². The molecular weight excluding hydrogens is 425 g/mol. The maximum atomic E-state index is 13.2. The molecule has 0 radical (unpaired) electrons. The Morgan fingerprint density at radius 3 is 2.96 bits per heavy atom. The number of hydrogen-bond donors (Lipinski definition) is 1. The van der Waals surface area contributed by atoms with Gasteiger partial charge < -0.3 is 5.32 Å². The van der Waals surface area contributed by atoms with E-state index in [9.17, 15) is 17.6 Å². The summed E-state index contributed by atoms with van der Waals surface area (Å²) >= 11 is 7.47. The van der Waals surface area contributed by atoms with Gasteiger partial charge in [-0.15, -0.1) is 11.3 Å². The number of carbonyl (C=O) groups is 1. The Labute approximate surface area is 172 Å². The first-order chi connectivity index (χ1) is 13.2. The van der Waals surface area contributed by atoms with Crippen LogP contribution in [0.1, 0.15) is 41.9 Å². The summed E-state index contributed by atoms with van der Waals surface area (Å²) in [7, 11) is -3.58. The van der Waals surface area contributed by atoms with Gasteiger partial charge in [-0.3, -0.25) is 4.79 Å². The number of carbonyl (C=O) groups excluding carboxylic acids is 1. The predicted molar refractivity (Wildman–Crippen MR) is 107 cm³/mol. The average molecular weight is 446 g/mol. The van der Waals surface area contributed by atoms with Gasteiger partial charge in [-0.2, -0.15) is 0 Å². The third kappa shape index (κ3) is 5.28. The molecule has 2 aromatic rings. The number of halogens is 2. The predicted octanol–water partition coefficient (Wildman–Crippen LogP) is 3.28. The van der Waals surface area contributed by atoms with Crippen LogP contribution < -0.4 is 5.32 Å². The normalized spacial score (nSPS) is 18.2. The van der Waals surface area contributed by atoms with Crippen LogP contribution in [0.4, 0.5) is 4.39 Å². The molecule has 1 amide bonds. The molecule has 3 rings (SSSR count). The molecule has 1 saturated heterocycles. The first-order valence-corrected chi connectivity index (χ1v) is 11.7. The van der Waals surface area contributed by atoms with Crippen molar-refractivity contribution in [2.75, 3.05) is 13.1 Å². The summed E-state index contributed by atoms with van der Waals surface area (Å²) in [5.74, 6) is -0.861. The maximum absolute atomic E-state index is 13.2. The lowest BCUT2D eigenvalue weighted by atomic mass is 10.0. The largest absolute Gasteiger partial charge is 0.351 e. The second-order valence-electron chi connectivity index (χ2n) is 6.78. The molecule has 2 heterocycles. The molecule has 0 saturated carbocycles. The molecule has 1 fully saturated rings. The van der Waals surface area contributed by atoms with E-state index in [-0.39, 0.29) is 22.6 Å². The van der Waals surface area contributed by atoms with Crippen molar-refractivity contribution >= 4 is 38.9 Å². The van der Waals surface area contributed by atoms with Crippen LogP contribution in [0, 0.1) is 5.82 Å². The zero-order valence-corrected chi connectivity index (χ0v) is 17.7. The molecule has 0 aliphatic carbocycles. The summed E-state index contributed by atoms with van der Waals surface area (Å²) in [5, 5.41) is 5.58. The lowest BCUT2D eigenvalue weighted by Gasteiger charge is -2.31. The van der Waals surface area contributed by atoms with Crippen LogP contribution in [0.3, 0.4) is 0 Å². The highest BCUT2D eigenvalue weighted by Crippen LogP contribution is 2.31. The zero-order chi connectivity index (χ0) is 20.3. The molecule has 10 heteroatoms. The van der Waals surface area contributed by atoms with Crippen molar-refractivity contribution in [2.24, 2.45) is 0 Å². The number of benzene rings is 1. The van der Waals surface area contributed by atoms with E-state index >= 15 is 0 Å². The van der Waals surface area contributed by atoms with Crippen molar-refractivity contribution < 1.29 is 17.6 Å². The monoisotopic (exact) mass is 445 g/mol. The Balaban J connectivity index is 1.69. The summed E-state index contributed by atoms with van der Waals surface area (Å²) in [6.07, 6.45) is 1.60. The van der Waals surface area contributed by atoms with Crippen molar-refractivity contribution in [3.8, 4) is 0 Å². The molecule has 0 spiro atoms. The third-order valence-corrected chi connectivity index (χ3v) is 7.77.